The highest BCUT2D eigenvalue weighted by Gasteiger charge is 2.02. The molecular formula is C11H8Cl2. The molecule has 2 aromatic carbocycles. The van der Waals surface area contributed by atoms with Gasteiger partial charge in [-0.15, -0.1) is 0 Å². The second kappa shape index (κ2) is 3.21. The molecule has 0 aliphatic rings. The van der Waals surface area contributed by atoms with Crippen LogP contribution in [0.5, 0.6) is 0 Å². The molecule has 0 unspecified atom stereocenters. The lowest BCUT2D eigenvalue weighted by Gasteiger charge is -2.04. The maximum absolute atomic E-state index is 6.04. The van der Waals surface area contributed by atoms with Crippen molar-refractivity contribution in [2.24, 2.45) is 0 Å². The predicted molar refractivity (Wildman–Crippen MR) is 58.7 cm³/mol. The van der Waals surface area contributed by atoms with Crippen molar-refractivity contribution in [2.45, 2.75) is 6.92 Å². The zero-order valence-corrected chi connectivity index (χ0v) is 8.65. The molecule has 0 fully saturated rings. The molecule has 2 aromatic rings. The SMILES string of the molecule is Cc1cc(Cl)cc2c(Cl)cccc12. The van der Waals surface area contributed by atoms with Gasteiger partial charge in [0.1, 0.15) is 0 Å². The van der Waals surface area contributed by atoms with Gasteiger partial charge >= 0.3 is 0 Å². The maximum Gasteiger partial charge on any atom is 0.0485 e. The van der Waals surface area contributed by atoms with Crippen LogP contribution in [0.2, 0.25) is 10.0 Å². The Bertz CT molecular complexity index is 461. The monoisotopic (exact) mass is 210 g/mol. The summed E-state index contributed by atoms with van der Waals surface area (Å²) in [5, 5.41) is 3.67. The first kappa shape index (κ1) is 8.86. The van der Waals surface area contributed by atoms with Gasteiger partial charge in [-0.2, -0.15) is 0 Å². The van der Waals surface area contributed by atoms with Crippen molar-refractivity contribution in [3.63, 3.8) is 0 Å². The third-order valence-electron chi connectivity index (χ3n) is 2.11. The Morgan fingerprint density at radius 1 is 1.00 bits per heavy atom. The Morgan fingerprint density at radius 3 is 2.54 bits per heavy atom. The summed E-state index contributed by atoms with van der Waals surface area (Å²) in [5.41, 5.74) is 1.16. The van der Waals surface area contributed by atoms with Crippen LogP contribution in [0.25, 0.3) is 10.8 Å². The van der Waals surface area contributed by atoms with Gasteiger partial charge in [-0.25, -0.2) is 0 Å². The molecule has 2 rings (SSSR count). The molecule has 0 aromatic heterocycles. The Morgan fingerprint density at radius 2 is 1.77 bits per heavy atom. The standard InChI is InChI=1S/C11H8Cl2/c1-7-5-8(12)6-10-9(7)3-2-4-11(10)13/h2-6H,1H3. The highest BCUT2D eigenvalue weighted by atomic mass is 35.5. The first-order valence-electron chi connectivity index (χ1n) is 4.03. The van der Waals surface area contributed by atoms with Gasteiger partial charge in [0.05, 0.1) is 0 Å². The summed E-state index contributed by atoms with van der Waals surface area (Å²) in [4.78, 5) is 0. The lowest BCUT2D eigenvalue weighted by Crippen LogP contribution is -1.79. The van der Waals surface area contributed by atoms with Crippen molar-refractivity contribution in [2.75, 3.05) is 0 Å². The van der Waals surface area contributed by atoms with Gasteiger partial charge in [-0.1, -0.05) is 35.3 Å². The van der Waals surface area contributed by atoms with Crippen LogP contribution in [-0.2, 0) is 0 Å². The second-order valence-corrected chi connectivity index (χ2v) is 3.90. The van der Waals surface area contributed by atoms with Crippen molar-refractivity contribution in [1.82, 2.24) is 0 Å². The molecule has 0 radical (unpaired) electrons. The first-order chi connectivity index (χ1) is 6.18. The summed E-state index contributed by atoms with van der Waals surface area (Å²) in [7, 11) is 0. The number of benzene rings is 2. The van der Waals surface area contributed by atoms with Gasteiger partial charge in [0, 0.05) is 15.4 Å². The van der Waals surface area contributed by atoms with Crippen LogP contribution in [0.4, 0.5) is 0 Å². The number of hydrogen-bond acceptors (Lipinski definition) is 0. The lowest BCUT2D eigenvalue weighted by atomic mass is 10.1. The van der Waals surface area contributed by atoms with E-state index < -0.39 is 0 Å². The van der Waals surface area contributed by atoms with E-state index in [4.69, 9.17) is 23.2 Å². The average Bonchev–Trinajstić information content (AvgIpc) is 2.07. The molecule has 0 nitrogen and oxygen atoms in total. The summed E-state index contributed by atoms with van der Waals surface area (Å²) in [6.07, 6.45) is 0. The molecular weight excluding hydrogens is 203 g/mol. The first-order valence-corrected chi connectivity index (χ1v) is 4.78. The Kier molecular flexibility index (Phi) is 2.19. The number of aryl methyl sites for hydroxylation is 1. The van der Waals surface area contributed by atoms with E-state index in [1.807, 2.05) is 37.3 Å². The van der Waals surface area contributed by atoms with E-state index in [2.05, 4.69) is 0 Å². The minimum Gasteiger partial charge on any atom is -0.0843 e. The summed E-state index contributed by atoms with van der Waals surface area (Å²) in [6, 6.07) is 9.71. The Balaban J connectivity index is 2.94. The fraction of sp³-hybridized carbons (Fsp3) is 0.0909. The number of rotatable bonds is 0. The van der Waals surface area contributed by atoms with Crippen LogP contribution in [-0.4, -0.2) is 0 Å². The summed E-state index contributed by atoms with van der Waals surface area (Å²) in [5.74, 6) is 0. The van der Waals surface area contributed by atoms with E-state index >= 15 is 0 Å². The van der Waals surface area contributed by atoms with Gasteiger partial charge in [0.25, 0.3) is 0 Å². The van der Waals surface area contributed by atoms with Crippen LogP contribution >= 0.6 is 23.2 Å². The van der Waals surface area contributed by atoms with E-state index in [0.29, 0.717) is 0 Å². The number of fused-ring (bicyclic) bond motifs is 1. The number of halogens is 2. The van der Waals surface area contributed by atoms with E-state index in [1.54, 1.807) is 0 Å². The zero-order chi connectivity index (χ0) is 9.42. The summed E-state index contributed by atoms with van der Waals surface area (Å²) >= 11 is 12.0. The molecule has 0 heterocycles. The largest absolute Gasteiger partial charge is 0.0843 e. The van der Waals surface area contributed by atoms with E-state index in [1.165, 1.54) is 0 Å². The van der Waals surface area contributed by atoms with Crippen LogP contribution in [0.1, 0.15) is 5.56 Å². The molecule has 0 aliphatic carbocycles. The molecule has 0 bridgehead atoms. The fourth-order valence-electron chi connectivity index (χ4n) is 1.49. The van der Waals surface area contributed by atoms with Crippen LogP contribution in [0, 0.1) is 6.92 Å². The van der Waals surface area contributed by atoms with E-state index in [9.17, 15) is 0 Å². The molecule has 0 aliphatic heterocycles. The number of hydrogen-bond donors (Lipinski definition) is 0. The molecule has 0 N–H and O–H groups in total. The smallest absolute Gasteiger partial charge is 0.0485 e. The van der Waals surface area contributed by atoms with Gasteiger partial charge in [0.2, 0.25) is 0 Å². The fourth-order valence-corrected chi connectivity index (χ4v) is 1.99. The molecule has 66 valence electrons. The second-order valence-electron chi connectivity index (χ2n) is 3.06. The van der Waals surface area contributed by atoms with E-state index in [-0.39, 0.29) is 0 Å². The summed E-state index contributed by atoms with van der Waals surface area (Å²) in [6.45, 7) is 2.03. The van der Waals surface area contributed by atoms with Crippen molar-refractivity contribution < 1.29 is 0 Å². The minimum absolute atomic E-state index is 0.734. The Hall–Kier alpha value is -0.720. The van der Waals surface area contributed by atoms with Crippen LogP contribution < -0.4 is 0 Å². The minimum atomic E-state index is 0.734. The van der Waals surface area contributed by atoms with Crippen LogP contribution in [0.3, 0.4) is 0 Å². The third-order valence-corrected chi connectivity index (χ3v) is 2.66. The molecule has 0 amide bonds. The van der Waals surface area contributed by atoms with Gasteiger partial charge in [-0.05, 0) is 36.1 Å². The Labute approximate surface area is 87.1 Å². The van der Waals surface area contributed by atoms with Crippen LogP contribution in [0.15, 0.2) is 30.3 Å². The lowest BCUT2D eigenvalue weighted by molar-refractivity contribution is 1.53. The van der Waals surface area contributed by atoms with Crippen molar-refractivity contribution in [1.29, 1.82) is 0 Å². The van der Waals surface area contributed by atoms with Gasteiger partial charge in [-0.3, -0.25) is 0 Å². The van der Waals surface area contributed by atoms with Crippen molar-refractivity contribution in [3.05, 3.63) is 45.9 Å². The topological polar surface area (TPSA) is 0 Å². The molecule has 0 saturated heterocycles. The molecule has 0 atom stereocenters. The van der Waals surface area contributed by atoms with E-state index in [0.717, 1.165) is 26.4 Å². The van der Waals surface area contributed by atoms with Crippen molar-refractivity contribution >= 4 is 34.0 Å². The average molecular weight is 211 g/mol. The normalized spacial score (nSPS) is 10.7. The quantitative estimate of drug-likeness (QED) is 0.603. The summed E-state index contributed by atoms with van der Waals surface area (Å²) < 4.78 is 0. The molecule has 0 saturated carbocycles. The predicted octanol–water partition coefficient (Wildman–Crippen LogP) is 4.46. The highest BCUT2D eigenvalue weighted by molar-refractivity contribution is 6.37. The molecule has 0 spiro atoms. The highest BCUT2D eigenvalue weighted by Crippen LogP contribution is 2.28. The maximum atomic E-state index is 6.04. The van der Waals surface area contributed by atoms with Gasteiger partial charge < -0.3 is 0 Å². The molecule has 2 heteroatoms. The molecule has 13 heavy (non-hydrogen) atoms. The third kappa shape index (κ3) is 1.52. The van der Waals surface area contributed by atoms with Gasteiger partial charge in [0.15, 0.2) is 0 Å². The van der Waals surface area contributed by atoms with Crippen molar-refractivity contribution in [3.8, 4) is 0 Å². The zero-order valence-electron chi connectivity index (χ0n) is 7.14.